The maximum atomic E-state index is 14.3. The molecular formula is C33H36F4N4O6. The van der Waals surface area contributed by atoms with Crippen LogP contribution < -0.4 is 25.0 Å². The second-order valence-electron chi connectivity index (χ2n) is 11.1. The molecule has 2 amide bonds. The lowest BCUT2D eigenvalue weighted by atomic mass is 10.1. The second kappa shape index (κ2) is 15.6. The fourth-order valence-corrected chi connectivity index (χ4v) is 5.19. The quantitative estimate of drug-likeness (QED) is 0.250. The summed E-state index contributed by atoms with van der Waals surface area (Å²) in [6.07, 6.45) is -1.06. The van der Waals surface area contributed by atoms with Gasteiger partial charge in [0.05, 0.1) is 29.6 Å². The molecule has 2 saturated heterocycles. The summed E-state index contributed by atoms with van der Waals surface area (Å²) in [5.41, 5.74) is 2.00. The van der Waals surface area contributed by atoms with Crippen LogP contribution in [0.2, 0.25) is 0 Å². The SMILES string of the molecule is COc1ccccc1NC(=O)c1cc(F)ccc1NC(=O)c1ccc(N2CCCC2)cc1OC1CCN(C)CC1.O=C(O)C(F)(F)F. The summed E-state index contributed by atoms with van der Waals surface area (Å²) in [4.78, 5) is 40.3. The highest BCUT2D eigenvalue weighted by atomic mass is 19.4. The average molecular weight is 661 g/mol. The van der Waals surface area contributed by atoms with Gasteiger partial charge in [-0.15, -0.1) is 0 Å². The van der Waals surface area contributed by atoms with Crippen LogP contribution >= 0.6 is 0 Å². The molecule has 0 radical (unpaired) electrons. The molecule has 252 valence electrons. The molecule has 2 aliphatic rings. The number of nitrogens with zero attached hydrogens (tertiary/aromatic N) is 2. The molecule has 0 bridgehead atoms. The first-order valence-electron chi connectivity index (χ1n) is 14.9. The summed E-state index contributed by atoms with van der Waals surface area (Å²) < 4.78 is 57.7. The lowest BCUT2D eigenvalue weighted by Gasteiger charge is -2.30. The van der Waals surface area contributed by atoms with Gasteiger partial charge in [-0.3, -0.25) is 9.59 Å². The molecule has 2 aliphatic heterocycles. The van der Waals surface area contributed by atoms with Gasteiger partial charge >= 0.3 is 12.1 Å². The van der Waals surface area contributed by atoms with Crippen molar-refractivity contribution in [3.63, 3.8) is 0 Å². The fourth-order valence-electron chi connectivity index (χ4n) is 5.19. The molecule has 0 aliphatic carbocycles. The number of benzene rings is 3. The summed E-state index contributed by atoms with van der Waals surface area (Å²) in [6, 6.07) is 16.3. The van der Waals surface area contributed by atoms with Gasteiger partial charge in [-0.2, -0.15) is 13.2 Å². The van der Waals surface area contributed by atoms with Crippen LogP contribution in [0.4, 0.5) is 34.6 Å². The van der Waals surface area contributed by atoms with Crippen LogP contribution in [0.1, 0.15) is 46.4 Å². The van der Waals surface area contributed by atoms with E-state index in [9.17, 15) is 27.2 Å². The molecule has 3 aromatic rings. The molecule has 3 aromatic carbocycles. The number of hydrogen-bond donors (Lipinski definition) is 3. The molecule has 14 heteroatoms. The number of methoxy groups -OCH3 is 1. The Hall–Kier alpha value is -4.85. The first kappa shape index (κ1) is 35.0. The summed E-state index contributed by atoms with van der Waals surface area (Å²) >= 11 is 0. The van der Waals surface area contributed by atoms with Crippen molar-refractivity contribution < 1.29 is 46.5 Å². The van der Waals surface area contributed by atoms with Crippen LogP contribution in [-0.4, -0.2) is 80.4 Å². The number of piperidine rings is 1. The Morgan fingerprint density at radius 2 is 1.45 bits per heavy atom. The number of likely N-dealkylation sites (tertiary alicyclic amines) is 1. The molecule has 0 saturated carbocycles. The molecule has 2 heterocycles. The minimum atomic E-state index is -5.08. The molecule has 10 nitrogen and oxygen atoms in total. The monoisotopic (exact) mass is 660 g/mol. The van der Waals surface area contributed by atoms with E-state index in [-0.39, 0.29) is 17.4 Å². The van der Waals surface area contributed by atoms with E-state index in [1.165, 1.54) is 19.2 Å². The van der Waals surface area contributed by atoms with Gasteiger partial charge in [0.1, 0.15) is 23.4 Å². The number of hydrogen-bond acceptors (Lipinski definition) is 7. The van der Waals surface area contributed by atoms with Gasteiger partial charge in [-0.25, -0.2) is 9.18 Å². The lowest BCUT2D eigenvalue weighted by Crippen LogP contribution is -2.36. The van der Waals surface area contributed by atoms with Crippen molar-refractivity contribution in [3.05, 3.63) is 77.6 Å². The van der Waals surface area contributed by atoms with E-state index in [0.29, 0.717) is 22.7 Å². The first-order valence-corrected chi connectivity index (χ1v) is 14.9. The number of ether oxygens (including phenoxy) is 2. The smallest absolute Gasteiger partial charge is 0.490 e. The Morgan fingerprint density at radius 1 is 0.830 bits per heavy atom. The van der Waals surface area contributed by atoms with Gasteiger partial charge in [0, 0.05) is 37.9 Å². The van der Waals surface area contributed by atoms with Gasteiger partial charge in [0.15, 0.2) is 0 Å². The molecule has 5 rings (SSSR count). The van der Waals surface area contributed by atoms with E-state index in [0.717, 1.165) is 63.6 Å². The molecule has 47 heavy (non-hydrogen) atoms. The first-order chi connectivity index (χ1) is 22.3. The molecule has 0 unspecified atom stereocenters. The molecule has 3 N–H and O–H groups in total. The van der Waals surface area contributed by atoms with E-state index in [4.69, 9.17) is 19.4 Å². The Bertz CT molecular complexity index is 1570. The summed E-state index contributed by atoms with van der Waals surface area (Å²) in [5.74, 6) is -3.39. The van der Waals surface area contributed by atoms with Crippen molar-refractivity contribution in [1.82, 2.24) is 4.90 Å². The second-order valence-corrected chi connectivity index (χ2v) is 11.1. The number of anilines is 3. The third-order valence-corrected chi connectivity index (χ3v) is 7.71. The highest BCUT2D eigenvalue weighted by molar-refractivity contribution is 6.13. The van der Waals surface area contributed by atoms with Crippen LogP contribution in [0.15, 0.2) is 60.7 Å². The highest BCUT2D eigenvalue weighted by Gasteiger charge is 2.38. The van der Waals surface area contributed by atoms with Gasteiger partial charge in [-0.1, -0.05) is 12.1 Å². The van der Waals surface area contributed by atoms with Crippen LogP contribution in [0.5, 0.6) is 11.5 Å². The lowest BCUT2D eigenvalue weighted by molar-refractivity contribution is -0.192. The predicted molar refractivity (Wildman–Crippen MR) is 168 cm³/mol. The summed E-state index contributed by atoms with van der Waals surface area (Å²) in [7, 11) is 3.59. The largest absolute Gasteiger partial charge is 0.495 e. The topological polar surface area (TPSA) is 120 Å². The van der Waals surface area contributed by atoms with Crippen LogP contribution in [0.3, 0.4) is 0 Å². The third-order valence-electron chi connectivity index (χ3n) is 7.71. The van der Waals surface area contributed by atoms with Crippen LogP contribution in [0.25, 0.3) is 0 Å². The van der Waals surface area contributed by atoms with Crippen LogP contribution in [-0.2, 0) is 4.79 Å². The number of carboxylic acids is 1. The van der Waals surface area contributed by atoms with Crippen molar-refractivity contribution in [2.24, 2.45) is 0 Å². The van der Waals surface area contributed by atoms with E-state index in [1.54, 1.807) is 30.3 Å². The van der Waals surface area contributed by atoms with E-state index < -0.39 is 29.8 Å². The van der Waals surface area contributed by atoms with Gasteiger partial charge in [0.2, 0.25) is 0 Å². The number of rotatable bonds is 8. The number of carbonyl (C=O) groups excluding carboxylic acids is 2. The van der Waals surface area contributed by atoms with E-state index in [1.807, 2.05) is 12.1 Å². The highest BCUT2D eigenvalue weighted by Crippen LogP contribution is 2.32. The average Bonchev–Trinajstić information content (AvgIpc) is 3.58. The van der Waals surface area contributed by atoms with Gasteiger partial charge < -0.3 is 35.0 Å². The Morgan fingerprint density at radius 3 is 2.09 bits per heavy atom. The Kier molecular flexibility index (Phi) is 11.6. The fraction of sp³-hybridized carbons (Fsp3) is 0.364. The van der Waals surface area contributed by atoms with Crippen LogP contribution in [0, 0.1) is 5.82 Å². The standard InChI is InChI=1S/C31H35FN4O4.C2HF3O2/c1-35-17-13-23(14-18-35)40-29-20-22(36-15-5-6-16-36)10-11-24(29)30(37)33-26-12-9-21(32)19-25(26)31(38)34-27-7-3-4-8-28(27)39-2;3-2(4,5)1(6)7/h3-4,7-12,19-20,23H,5-6,13-18H2,1-2H3,(H,33,37)(H,34,38);(H,6,7). The zero-order valence-corrected chi connectivity index (χ0v) is 25.9. The summed E-state index contributed by atoms with van der Waals surface area (Å²) in [5, 5.41) is 12.7. The predicted octanol–water partition coefficient (Wildman–Crippen LogP) is 6.05. The summed E-state index contributed by atoms with van der Waals surface area (Å²) in [6.45, 7) is 3.80. The Labute approximate surface area is 269 Å². The maximum Gasteiger partial charge on any atom is 0.490 e. The molecule has 0 atom stereocenters. The van der Waals surface area contributed by atoms with Crippen molar-refractivity contribution in [1.29, 1.82) is 0 Å². The molecule has 2 fully saturated rings. The minimum absolute atomic E-state index is 0.00425. The molecule has 0 aromatic heterocycles. The number of alkyl halides is 3. The maximum absolute atomic E-state index is 14.3. The molecule has 0 spiro atoms. The number of aliphatic carboxylic acids is 1. The van der Waals surface area contributed by atoms with Crippen molar-refractivity contribution >= 4 is 34.8 Å². The van der Waals surface area contributed by atoms with Gasteiger partial charge in [-0.05, 0) is 75.2 Å². The van der Waals surface area contributed by atoms with Crippen molar-refractivity contribution in [3.8, 4) is 11.5 Å². The number of halogens is 4. The third kappa shape index (κ3) is 9.58. The number of carbonyl (C=O) groups is 3. The zero-order chi connectivity index (χ0) is 34.1. The number of carboxylic acid groups (broad SMARTS) is 1. The van der Waals surface area contributed by atoms with Gasteiger partial charge in [0.25, 0.3) is 11.8 Å². The zero-order valence-electron chi connectivity index (χ0n) is 25.9. The normalized spacial score (nSPS) is 15.3. The number of amides is 2. The Balaban J connectivity index is 0.000000644. The van der Waals surface area contributed by atoms with E-state index >= 15 is 0 Å². The number of para-hydroxylation sites is 2. The number of nitrogens with one attached hydrogen (secondary N) is 2. The van der Waals surface area contributed by atoms with Crippen molar-refractivity contribution in [2.45, 2.75) is 38.0 Å². The minimum Gasteiger partial charge on any atom is -0.495 e. The van der Waals surface area contributed by atoms with E-state index in [2.05, 4.69) is 27.5 Å². The van der Waals surface area contributed by atoms with Crippen molar-refractivity contribution in [2.75, 3.05) is 55.9 Å². The molecular weight excluding hydrogens is 624 g/mol.